The number of pyridine rings is 2. The van der Waals surface area contributed by atoms with Gasteiger partial charge in [-0.1, -0.05) is 84.1 Å². The summed E-state index contributed by atoms with van der Waals surface area (Å²) in [5.74, 6) is 0. The van der Waals surface area contributed by atoms with Crippen LogP contribution < -0.4 is 0 Å². The van der Waals surface area contributed by atoms with E-state index in [1.807, 2.05) is 97.3 Å². The Labute approximate surface area is 247 Å². The van der Waals surface area contributed by atoms with Crippen LogP contribution in [-0.4, -0.2) is 9.97 Å². The SMILES string of the molecule is CCc1ccnc(-c2[c-]ccc3c2oc2ccccc23)c1.[Ir].[c-]1ccccc1-c1cc(-c2ccccc2)ccn1. The molecular weight excluding hydrogens is 669 g/mol. The van der Waals surface area contributed by atoms with Gasteiger partial charge in [0.25, 0.3) is 0 Å². The summed E-state index contributed by atoms with van der Waals surface area (Å²) >= 11 is 0. The summed E-state index contributed by atoms with van der Waals surface area (Å²) in [6.07, 6.45) is 4.69. The van der Waals surface area contributed by atoms with Crippen molar-refractivity contribution in [1.82, 2.24) is 9.97 Å². The van der Waals surface area contributed by atoms with E-state index >= 15 is 0 Å². The molecular formula is C36H26IrN2O-2. The third kappa shape index (κ3) is 5.79. The van der Waals surface area contributed by atoms with Crippen LogP contribution in [0.4, 0.5) is 0 Å². The standard InChI is InChI=1S/C19H14NO.C17H12N.Ir/c1-2-13-10-11-20-17(12-13)16-8-5-7-15-14-6-3-4-9-18(14)21-19(15)16;1-3-7-14(8-4-1)16-11-12-18-17(13-16)15-9-5-2-6-10-15;/h3-7,9-12H,2H2,1H3;1-9,11-13H;/q2*-1;. The van der Waals surface area contributed by atoms with Crippen LogP contribution in [-0.2, 0) is 26.5 Å². The van der Waals surface area contributed by atoms with Crippen molar-refractivity contribution in [2.45, 2.75) is 13.3 Å². The summed E-state index contributed by atoms with van der Waals surface area (Å²) in [6, 6.07) is 45.1. The molecule has 0 N–H and O–H groups in total. The molecule has 0 aliphatic rings. The second kappa shape index (κ2) is 12.7. The van der Waals surface area contributed by atoms with Crippen molar-refractivity contribution in [3.8, 4) is 33.6 Å². The maximum Gasteiger partial charge on any atom is 0.120 e. The van der Waals surface area contributed by atoms with Crippen LogP contribution in [0, 0.1) is 12.1 Å². The predicted octanol–water partition coefficient (Wildman–Crippen LogP) is 9.22. The van der Waals surface area contributed by atoms with Crippen molar-refractivity contribution in [3.63, 3.8) is 0 Å². The van der Waals surface area contributed by atoms with Crippen molar-refractivity contribution >= 4 is 21.9 Å². The Balaban J connectivity index is 0.000000159. The van der Waals surface area contributed by atoms with Crippen LogP contribution in [0.25, 0.3) is 55.6 Å². The summed E-state index contributed by atoms with van der Waals surface area (Å²) < 4.78 is 6.04. The molecule has 0 bridgehead atoms. The topological polar surface area (TPSA) is 38.9 Å². The second-order valence-electron chi connectivity index (χ2n) is 9.17. The molecule has 7 aromatic rings. The maximum absolute atomic E-state index is 6.04. The van der Waals surface area contributed by atoms with Gasteiger partial charge in [-0.3, -0.25) is 0 Å². The zero-order valence-corrected chi connectivity index (χ0v) is 24.4. The first-order valence-corrected chi connectivity index (χ1v) is 13.1. The summed E-state index contributed by atoms with van der Waals surface area (Å²) in [7, 11) is 0. The summed E-state index contributed by atoms with van der Waals surface area (Å²) in [5, 5.41) is 2.25. The molecule has 0 unspecified atom stereocenters. The number of aryl methyl sites for hydroxylation is 1. The fourth-order valence-corrected chi connectivity index (χ4v) is 4.65. The molecule has 3 nitrogen and oxygen atoms in total. The van der Waals surface area contributed by atoms with Crippen molar-refractivity contribution < 1.29 is 24.5 Å². The largest absolute Gasteiger partial charge is 0.501 e. The number of fused-ring (bicyclic) bond motifs is 3. The van der Waals surface area contributed by atoms with Crippen LogP contribution in [0.1, 0.15) is 12.5 Å². The molecule has 0 saturated carbocycles. The zero-order chi connectivity index (χ0) is 26.4. The number of rotatable bonds is 4. The maximum atomic E-state index is 6.04. The average molecular weight is 695 g/mol. The Bertz CT molecular complexity index is 1790. The molecule has 197 valence electrons. The molecule has 3 aromatic heterocycles. The molecule has 1 radical (unpaired) electrons. The molecule has 4 heteroatoms. The van der Waals surface area contributed by atoms with Crippen LogP contribution in [0.3, 0.4) is 0 Å². The fourth-order valence-electron chi connectivity index (χ4n) is 4.65. The molecule has 7 rings (SSSR count). The van der Waals surface area contributed by atoms with E-state index in [-0.39, 0.29) is 20.1 Å². The average Bonchev–Trinajstić information content (AvgIpc) is 3.41. The quantitative estimate of drug-likeness (QED) is 0.173. The second-order valence-corrected chi connectivity index (χ2v) is 9.17. The molecule has 40 heavy (non-hydrogen) atoms. The molecule has 0 spiro atoms. The molecule has 0 saturated heterocycles. The van der Waals surface area contributed by atoms with Crippen LogP contribution in [0.5, 0.6) is 0 Å². The first-order chi connectivity index (χ1) is 19.3. The molecule has 0 aliphatic carbocycles. The van der Waals surface area contributed by atoms with Gasteiger partial charge in [0.2, 0.25) is 0 Å². The van der Waals surface area contributed by atoms with Gasteiger partial charge in [-0.15, -0.1) is 54.1 Å². The van der Waals surface area contributed by atoms with Crippen LogP contribution >= 0.6 is 0 Å². The molecule has 0 aliphatic heterocycles. The van der Waals surface area contributed by atoms with Gasteiger partial charge < -0.3 is 14.4 Å². The van der Waals surface area contributed by atoms with E-state index in [0.717, 1.165) is 50.9 Å². The van der Waals surface area contributed by atoms with Gasteiger partial charge in [-0.2, -0.15) is 0 Å². The number of benzene rings is 4. The van der Waals surface area contributed by atoms with Gasteiger partial charge >= 0.3 is 0 Å². The Kier molecular flexibility index (Phi) is 8.61. The zero-order valence-electron chi connectivity index (χ0n) is 22.0. The minimum Gasteiger partial charge on any atom is -0.501 e. The first kappa shape index (κ1) is 27.2. The van der Waals surface area contributed by atoms with Gasteiger partial charge in [0, 0.05) is 37.9 Å². The van der Waals surface area contributed by atoms with Crippen molar-refractivity contribution in [2.24, 2.45) is 0 Å². The Hall–Kier alpha value is -4.37. The molecule has 0 atom stereocenters. The van der Waals surface area contributed by atoms with E-state index in [1.165, 1.54) is 16.7 Å². The number of hydrogen-bond acceptors (Lipinski definition) is 3. The Morgan fingerprint density at radius 1 is 0.650 bits per heavy atom. The normalized spacial score (nSPS) is 10.5. The Morgan fingerprint density at radius 3 is 2.25 bits per heavy atom. The number of aromatic nitrogens is 2. The summed E-state index contributed by atoms with van der Waals surface area (Å²) in [5.41, 5.74) is 9.24. The first-order valence-electron chi connectivity index (χ1n) is 13.1. The predicted molar refractivity (Wildman–Crippen MR) is 159 cm³/mol. The summed E-state index contributed by atoms with van der Waals surface area (Å²) in [4.78, 5) is 8.89. The smallest absolute Gasteiger partial charge is 0.120 e. The minimum absolute atomic E-state index is 0. The third-order valence-corrected chi connectivity index (χ3v) is 6.68. The van der Waals surface area contributed by atoms with E-state index in [2.05, 4.69) is 59.4 Å². The number of para-hydroxylation sites is 1. The minimum atomic E-state index is 0. The van der Waals surface area contributed by atoms with E-state index < -0.39 is 0 Å². The van der Waals surface area contributed by atoms with E-state index in [1.54, 1.807) is 0 Å². The van der Waals surface area contributed by atoms with Crippen LogP contribution in [0.2, 0.25) is 0 Å². The fraction of sp³-hybridized carbons (Fsp3) is 0.0556. The van der Waals surface area contributed by atoms with E-state index in [4.69, 9.17) is 4.42 Å². The number of hydrogen-bond donors (Lipinski definition) is 0. The van der Waals surface area contributed by atoms with Crippen molar-refractivity contribution in [2.75, 3.05) is 0 Å². The molecule has 3 heterocycles. The van der Waals surface area contributed by atoms with Gasteiger partial charge in [0.05, 0.1) is 5.58 Å². The van der Waals surface area contributed by atoms with Gasteiger partial charge in [0.1, 0.15) is 5.58 Å². The van der Waals surface area contributed by atoms with Crippen molar-refractivity contribution in [1.29, 1.82) is 0 Å². The summed E-state index contributed by atoms with van der Waals surface area (Å²) in [6.45, 7) is 2.14. The molecule has 0 fully saturated rings. The van der Waals surface area contributed by atoms with E-state index in [0.29, 0.717) is 0 Å². The van der Waals surface area contributed by atoms with Crippen LogP contribution in [0.15, 0.2) is 132 Å². The van der Waals surface area contributed by atoms with Gasteiger partial charge in [0.15, 0.2) is 0 Å². The third-order valence-electron chi connectivity index (χ3n) is 6.68. The van der Waals surface area contributed by atoms with E-state index in [9.17, 15) is 0 Å². The van der Waals surface area contributed by atoms with Gasteiger partial charge in [-0.25, -0.2) is 0 Å². The number of furan rings is 1. The monoisotopic (exact) mass is 695 g/mol. The van der Waals surface area contributed by atoms with Gasteiger partial charge in [-0.05, 0) is 47.1 Å². The van der Waals surface area contributed by atoms with Crippen molar-refractivity contribution in [3.05, 3.63) is 145 Å². The molecule has 0 amide bonds. The Morgan fingerprint density at radius 2 is 1.43 bits per heavy atom. The molecule has 4 aromatic carbocycles. The number of nitrogens with zero attached hydrogens (tertiary/aromatic N) is 2.